The Morgan fingerprint density at radius 2 is 2.25 bits per heavy atom. The first-order valence-corrected chi connectivity index (χ1v) is 7.71. The van der Waals surface area contributed by atoms with Gasteiger partial charge in [0.05, 0.1) is 4.92 Å². The van der Waals surface area contributed by atoms with E-state index in [4.69, 9.17) is 0 Å². The van der Waals surface area contributed by atoms with Crippen LogP contribution in [0.15, 0.2) is 18.2 Å². The Balaban J connectivity index is 2.18. The number of hydrogen-bond donors (Lipinski definition) is 1. The molecule has 1 aromatic rings. The van der Waals surface area contributed by atoms with Crippen LogP contribution < -0.4 is 5.32 Å². The van der Waals surface area contributed by atoms with Gasteiger partial charge < -0.3 is 5.32 Å². The summed E-state index contributed by atoms with van der Waals surface area (Å²) in [6.45, 7) is 7.28. The monoisotopic (exact) mass is 295 g/mol. The van der Waals surface area contributed by atoms with Gasteiger partial charge in [-0.25, -0.2) is 0 Å². The number of anilines is 1. The minimum atomic E-state index is -0.334. The Bertz CT molecular complexity index is 505. The molecule has 1 aliphatic rings. The zero-order valence-corrected chi connectivity index (χ0v) is 13.0. The Morgan fingerprint density at radius 3 is 2.85 bits per heavy atom. The molecule has 1 saturated heterocycles. The third-order valence-corrected chi connectivity index (χ3v) is 4.76. The number of nitro benzene ring substituents is 1. The molecule has 6 heteroatoms. The third kappa shape index (κ3) is 3.64. The van der Waals surface area contributed by atoms with Gasteiger partial charge in [-0.1, -0.05) is 0 Å². The second-order valence-corrected chi connectivity index (χ2v) is 7.47. The van der Waals surface area contributed by atoms with Crippen molar-refractivity contribution < 1.29 is 4.92 Å². The van der Waals surface area contributed by atoms with Gasteiger partial charge in [-0.3, -0.25) is 15.0 Å². The van der Waals surface area contributed by atoms with Crippen molar-refractivity contribution in [1.82, 2.24) is 4.90 Å². The molecule has 0 saturated carbocycles. The van der Waals surface area contributed by atoms with E-state index in [2.05, 4.69) is 24.1 Å². The quantitative estimate of drug-likeness (QED) is 0.683. The van der Waals surface area contributed by atoms with Crippen molar-refractivity contribution in [2.45, 2.75) is 25.1 Å². The van der Waals surface area contributed by atoms with Crippen molar-refractivity contribution in [3.8, 4) is 0 Å². The van der Waals surface area contributed by atoms with E-state index in [0.29, 0.717) is 0 Å². The number of thioether (sulfide) groups is 1. The first-order chi connectivity index (χ1) is 9.41. The molecule has 1 aromatic carbocycles. The van der Waals surface area contributed by atoms with Crippen molar-refractivity contribution in [2.75, 3.05) is 31.2 Å². The smallest absolute Gasteiger partial charge is 0.269 e. The normalized spacial score (nSPS) is 18.8. The van der Waals surface area contributed by atoms with Gasteiger partial charge in [-0.15, -0.1) is 0 Å². The molecule has 0 aliphatic carbocycles. The molecule has 1 aliphatic heterocycles. The van der Waals surface area contributed by atoms with Gasteiger partial charge in [0.2, 0.25) is 0 Å². The van der Waals surface area contributed by atoms with Crippen LogP contribution in [-0.2, 0) is 6.54 Å². The SMILES string of the molecule is CNc1ccc([N+](=O)[O-])cc1CN1CCSC(C)(C)C1. The lowest BCUT2D eigenvalue weighted by Gasteiger charge is -2.37. The number of non-ortho nitro benzene ring substituents is 1. The summed E-state index contributed by atoms with van der Waals surface area (Å²) >= 11 is 1.99. The summed E-state index contributed by atoms with van der Waals surface area (Å²) < 4.78 is 0.249. The Labute approximate surface area is 123 Å². The molecule has 5 nitrogen and oxygen atoms in total. The van der Waals surface area contributed by atoms with Gasteiger partial charge in [0.1, 0.15) is 0 Å². The largest absolute Gasteiger partial charge is 0.388 e. The zero-order chi connectivity index (χ0) is 14.8. The average molecular weight is 295 g/mol. The first kappa shape index (κ1) is 15.1. The third-order valence-electron chi connectivity index (χ3n) is 3.47. The lowest BCUT2D eigenvalue weighted by molar-refractivity contribution is -0.384. The summed E-state index contributed by atoms with van der Waals surface area (Å²) in [4.78, 5) is 13.0. The van der Waals surface area contributed by atoms with Crippen LogP contribution in [0.25, 0.3) is 0 Å². The van der Waals surface area contributed by atoms with E-state index in [0.717, 1.165) is 36.6 Å². The summed E-state index contributed by atoms with van der Waals surface area (Å²) in [5.74, 6) is 1.11. The molecule has 20 heavy (non-hydrogen) atoms. The molecular formula is C14H21N3O2S. The molecule has 110 valence electrons. The fraction of sp³-hybridized carbons (Fsp3) is 0.571. The molecule has 0 aromatic heterocycles. The standard InChI is InChI=1S/C14H21N3O2S/c1-14(2)10-16(6-7-20-14)9-11-8-12(17(18)19)4-5-13(11)15-3/h4-5,8,15H,6-7,9-10H2,1-3H3. The lowest BCUT2D eigenvalue weighted by atomic mass is 10.1. The second-order valence-electron chi connectivity index (χ2n) is 5.67. The van der Waals surface area contributed by atoms with Crippen LogP contribution in [0.2, 0.25) is 0 Å². The Kier molecular flexibility index (Phi) is 4.55. The van der Waals surface area contributed by atoms with Gasteiger partial charge in [-0.05, 0) is 25.5 Å². The average Bonchev–Trinajstić information content (AvgIpc) is 2.37. The fourth-order valence-corrected chi connectivity index (χ4v) is 3.73. The Hall–Kier alpha value is -1.27. The molecule has 0 bridgehead atoms. The number of nitrogens with zero attached hydrogens (tertiary/aromatic N) is 2. The van der Waals surface area contributed by atoms with Crippen LogP contribution in [0.1, 0.15) is 19.4 Å². The van der Waals surface area contributed by atoms with Crippen molar-refractivity contribution in [3.63, 3.8) is 0 Å². The van der Waals surface area contributed by atoms with Gasteiger partial charge in [0.25, 0.3) is 5.69 Å². The van der Waals surface area contributed by atoms with Crippen LogP contribution >= 0.6 is 11.8 Å². The maximum atomic E-state index is 10.9. The molecule has 0 radical (unpaired) electrons. The van der Waals surface area contributed by atoms with Crippen molar-refractivity contribution in [2.24, 2.45) is 0 Å². The molecule has 1 heterocycles. The van der Waals surface area contributed by atoms with E-state index in [1.807, 2.05) is 18.8 Å². The van der Waals surface area contributed by atoms with Crippen LogP contribution in [0.5, 0.6) is 0 Å². The van der Waals surface area contributed by atoms with E-state index in [-0.39, 0.29) is 15.4 Å². The van der Waals surface area contributed by atoms with E-state index in [1.165, 1.54) is 0 Å². The number of nitro groups is 1. The highest BCUT2D eigenvalue weighted by atomic mass is 32.2. The summed E-state index contributed by atoms with van der Waals surface area (Å²) in [6, 6.07) is 5.02. The molecule has 0 atom stereocenters. The van der Waals surface area contributed by atoms with Crippen LogP contribution in [0.3, 0.4) is 0 Å². The van der Waals surface area contributed by atoms with E-state index < -0.39 is 0 Å². The predicted molar refractivity (Wildman–Crippen MR) is 84.5 cm³/mol. The maximum absolute atomic E-state index is 10.9. The van der Waals surface area contributed by atoms with Crippen molar-refractivity contribution >= 4 is 23.1 Å². The predicted octanol–water partition coefficient (Wildman–Crippen LogP) is 2.96. The summed E-state index contributed by atoms with van der Waals surface area (Å²) in [7, 11) is 1.85. The van der Waals surface area contributed by atoms with Gasteiger partial charge >= 0.3 is 0 Å². The fourth-order valence-electron chi connectivity index (χ4n) is 2.56. The molecule has 2 rings (SSSR count). The van der Waals surface area contributed by atoms with Crippen molar-refractivity contribution in [3.05, 3.63) is 33.9 Å². The number of nitrogens with one attached hydrogen (secondary N) is 1. The van der Waals surface area contributed by atoms with E-state index in [9.17, 15) is 10.1 Å². The second kappa shape index (κ2) is 6.01. The van der Waals surface area contributed by atoms with Crippen molar-refractivity contribution in [1.29, 1.82) is 0 Å². The maximum Gasteiger partial charge on any atom is 0.269 e. The molecular weight excluding hydrogens is 274 g/mol. The van der Waals surface area contributed by atoms with Crippen LogP contribution in [0, 0.1) is 10.1 Å². The molecule has 1 fully saturated rings. The van der Waals surface area contributed by atoms with E-state index >= 15 is 0 Å². The summed E-state index contributed by atoms with van der Waals surface area (Å²) in [5, 5.41) is 14.0. The van der Waals surface area contributed by atoms with Gasteiger partial charge in [0.15, 0.2) is 0 Å². The highest BCUT2D eigenvalue weighted by molar-refractivity contribution is 8.00. The van der Waals surface area contributed by atoms with E-state index in [1.54, 1.807) is 18.2 Å². The van der Waals surface area contributed by atoms with Gasteiger partial charge in [-0.2, -0.15) is 11.8 Å². The zero-order valence-electron chi connectivity index (χ0n) is 12.2. The first-order valence-electron chi connectivity index (χ1n) is 6.73. The highest BCUT2D eigenvalue weighted by Crippen LogP contribution is 2.31. The highest BCUT2D eigenvalue weighted by Gasteiger charge is 2.27. The Morgan fingerprint density at radius 1 is 1.50 bits per heavy atom. The van der Waals surface area contributed by atoms with Crippen LogP contribution in [-0.4, -0.2) is 40.5 Å². The number of hydrogen-bond acceptors (Lipinski definition) is 5. The molecule has 0 unspecified atom stereocenters. The number of benzene rings is 1. The summed E-state index contributed by atoms with van der Waals surface area (Å²) in [6.07, 6.45) is 0. The van der Waals surface area contributed by atoms with Gasteiger partial charge in [0, 0.05) is 55.0 Å². The van der Waals surface area contributed by atoms with Crippen LogP contribution in [0.4, 0.5) is 11.4 Å². The number of rotatable bonds is 4. The topological polar surface area (TPSA) is 58.4 Å². The molecule has 0 amide bonds. The molecule has 1 N–H and O–H groups in total. The minimum absolute atomic E-state index is 0.157. The minimum Gasteiger partial charge on any atom is -0.388 e. The lowest BCUT2D eigenvalue weighted by Crippen LogP contribution is -2.42. The molecule has 0 spiro atoms. The summed E-state index contributed by atoms with van der Waals surface area (Å²) in [5.41, 5.74) is 2.11.